The molecule has 1 N–H and O–H groups in total. The summed E-state index contributed by atoms with van der Waals surface area (Å²) < 4.78 is 40.6. The zero-order valence-electron chi connectivity index (χ0n) is 23.9. The smallest absolute Gasteiger partial charge is 0.264 e. The number of sulfonamides is 1. The number of methoxy groups -OCH3 is 2. The predicted molar refractivity (Wildman–Crippen MR) is 163 cm³/mol. The number of hydrogen-bond acceptors (Lipinski definition) is 6. The van der Waals surface area contributed by atoms with E-state index in [9.17, 15) is 18.0 Å². The van der Waals surface area contributed by atoms with Crippen molar-refractivity contribution in [2.45, 2.75) is 44.7 Å². The first-order valence-corrected chi connectivity index (χ1v) is 15.4. The molecule has 0 radical (unpaired) electrons. The fraction of sp³-hybridized carbons (Fsp3) is 0.333. The van der Waals surface area contributed by atoms with Crippen LogP contribution in [0.2, 0.25) is 0 Å². The molecule has 41 heavy (non-hydrogen) atoms. The van der Waals surface area contributed by atoms with E-state index in [1.165, 1.54) is 37.3 Å². The van der Waals surface area contributed by atoms with E-state index in [0.717, 1.165) is 26.3 Å². The Hall–Kier alpha value is -3.57. The summed E-state index contributed by atoms with van der Waals surface area (Å²) in [4.78, 5) is 28.4. The first-order chi connectivity index (χ1) is 19.5. The highest BCUT2D eigenvalue weighted by atomic mass is 79.9. The maximum Gasteiger partial charge on any atom is 0.264 e. The van der Waals surface area contributed by atoms with E-state index in [2.05, 4.69) is 21.2 Å². The molecule has 9 nitrogen and oxygen atoms in total. The number of amides is 2. The number of nitrogens with zero attached hydrogens (tertiary/aromatic N) is 2. The van der Waals surface area contributed by atoms with Crippen LogP contribution in [0.25, 0.3) is 0 Å². The number of nitrogens with one attached hydrogen (secondary N) is 1. The molecule has 0 bridgehead atoms. The number of carbonyl (C=O) groups excluding carboxylic acids is 2. The third kappa shape index (κ3) is 8.01. The largest absolute Gasteiger partial charge is 0.493 e. The average molecular weight is 647 g/mol. The number of rotatable bonds is 13. The standard InChI is InChI=1S/C30H36BrN3O6S/c1-6-16-32-30(36)22(3)33(19-23-8-7-9-24(31)17-23)29(35)20-34(25-12-15-27(39-4)28(18-25)40-5)41(37,38)26-13-10-21(2)11-14-26/h7-15,17-18,22H,6,16,19-20H2,1-5H3,(H,32,36)/t22-/m0/s1. The second-order valence-corrected chi connectivity index (χ2v) is 12.3. The summed E-state index contributed by atoms with van der Waals surface area (Å²) in [7, 11) is -1.28. The molecule has 0 fully saturated rings. The van der Waals surface area contributed by atoms with Crippen molar-refractivity contribution in [1.29, 1.82) is 0 Å². The summed E-state index contributed by atoms with van der Waals surface area (Å²) in [5.41, 5.74) is 1.88. The summed E-state index contributed by atoms with van der Waals surface area (Å²) in [5, 5.41) is 2.83. The van der Waals surface area contributed by atoms with Crippen molar-refractivity contribution in [3.05, 3.63) is 82.3 Å². The molecule has 0 aliphatic carbocycles. The van der Waals surface area contributed by atoms with Crippen LogP contribution in [0, 0.1) is 6.92 Å². The van der Waals surface area contributed by atoms with Gasteiger partial charge in [0.05, 0.1) is 24.8 Å². The van der Waals surface area contributed by atoms with Crippen LogP contribution in [-0.4, -0.2) is 58.5 Å². The van der Waals surface area contributed by atoms with Gasteiger partial charge in [0.15, 0.2) is 11.5 Å². The second-order valence-electron chi connectivity index (χ2n) is 9.48. The van der Waals surface area contributed by atoms with Gasteiger partial charge >= 0.3 is 0 Å². The molecule has 0 heterocycles. The minimum atomic E-state index is -4.20. The van der Waals surface area contributed by atoms with Crippen molar-refractivity contribution < 1.29 is 27.5 Å². The van der Waals surface area contributed by atoms with Crippen molar-refractivity contribution in [2.75, 3.05) is 31.6 Å². The minimum absolute atomic E-state index is 0.0259. The molecule has 220 valence electrons. The second kappa shape index (κ2) is 14.4. The Morgan fingerprint density at radius 1 is 0.976 bits per heavy atom. The Morgan fingerprint density at radius 3 is 2.27 bits per heavy atom. The van der Waals surface area contributed by atoms with Gasteiger partial charge in [0.25, 0.3) is 10.0 Å². The lowest BCUT2D eigenvalue weighted by molar-refractivity contribution is -0.139. The highest BCUT2D eigenvalue weighted by molar-refractivity contribution is 9.10. The molecule has 11 heteroatoms. The monoisotopic (exact) mass is 645 g/mol. The van der Waals surface area contributed by atoms with Gasteiger partial charge in [-0.2, -0.15) is 0 Å². The number of halogens is 1. The molecule has 0 aliphatic rings. The molecule has 0 aliphatic heterocycles. The highest BCUT2D eigenvalue weighted by Crippen LogP contribution is 2.34. The summed E-state index contributed by atoms with van der Waals surface area (Å²) >= 11 is 3.45. The quantitative estimate of drug-likeness (QED) is 0.283. The van der Waals surface area contributed by atoms with Gasteiger partial charge in [0, 0.05) is 23.6 Å². The van der Waals surface area contributed by atoms with Gasteiger partial charge in [-0.05, 0) is 62.2 Å². The Morgan fingerprint density at radius 2 is 1.66 bits per heavy atom. The lowest BCUT2D eigenvalue weighted by Crippen LogP contribution is -2.51. The van der Waals surface area contributed by atoms with Crippen LogP contribution in [0.4, 0.5) is 5.69 Å². The van der Waals surface area contributed by atoms with Gasteiger partial charge < -0.3 is 19.7 Å². The fourth-order valence-electron chi connectivity index (χ4n) is 4.16. The van der Waals surface area contributed by atoms with E-state index >= 15 is 0 Å². The number of aryl methyl sites for hydroxylation is 1. The van der Waals surface area contributed by atoms with E-state index in [4.69, 9.17) is 9.47 Å². The first kappa shape index (κ1) is 32.0. The molecule has 3 aromatic carbocycles. The Kier molecular flexibility index (Phi) is 11.2. The van der Waals surface area contributed by atoms with Gasteiger partial charge in [0.1, 0.15) is 12.6 Å². The fourth-order valence-corrected chi connectivity index (χ4v) is 6.01. The van der Waals surface area contributed by atoms with E-state index in [1.807, 2.05) is 38.1 Å². The maximum absolute atomic E-state index is 14.0. The maximum atomic E-state index is 14.0. The molecule has 0 saturated heterocycles. The SMILES string of the molecule is CCCNC(=O)[C@H](C)N(Cc1cccc(Br)c1)C(=O)CN(c1ccc(OC)c(OC)c1)S(=O)(=O)c1ccc(C)cc1. The Balaban J connectivity index is 2.08. The van der Waals surface area contributed by atoms with Gasteiger partial charge in [-0.25, -0.2) is 8.42 Å². The third-order valence-corrected chi connectivity index (χ3v) is 8.78. The highest BCUT2D eigenvalue weighted by Gasteiger charge is 2.33. The van der Waals surface area contributed by atoms with E-state index in [-0.39, 0.29) is 23.0 Å². The van der Waals surface area contributed by atoms with E-state index in [1.54, 1.807) is 31.2 Å². The molecule has 0 aromatic heterocycles. The molecular formula is C30H36BrN3O6S. The molecule has 0 saturated carbocycles. The lowest BCUT2D eigenvalue weighted by atomic mass is 10.1. The van der Waals surface area contributed by atoms with Crippen LogP contribution in [0.5, 0.6) is 11.5 Å². The zero-order valence-corrected chi connectivity index (χ0v) is 26.3. The van der Waals surface area contributed by atoms with Gasteiger partial charge in [0.2, 0.25) is 11.8 Å². The summed E-state index contributed by atoms with van der Waals surface area (Å²) in [6, 6.07) is 17.6. The Bertz CT molecular complexity index is 1460. The van der Waals surface area contributed by atoms with Crippen molar-refractivity contribution in [2.24, 2.45) is 0 Å². The summed E-state index contributed by atoms with van der Waals surface area (Å²) in [6.45, 7) is 5.44. The van der Waals surface area contributed by atoms with E-state index < -0.39 is 28.5 Å². The number of hydrogen-bond donors (Lipinski definition) is 1. The lowest BCUT2D eigenvalue weighted by Gasteiger charge is -2.32. The summed E-state index contributed by atoms with van der Waals surface area (Å²) in [6.07, 6.45) is 0.736. The van der Waals surface area contributed by atoms with Crippen LogP contribution in [0.15, 0.2) is 76.1 Å². The zero-order chi connectivity index (χ0) is 30.2. The number of anilines is 1. The van der Waals surface area contributed by atoms with Crippen LogP contribution >= 0.6 is 15.9 Å². The molecule has 1 atom stereocenters. The number of carbonyl (C=O) groups is 2. The summed E-state index contributed by atoms with van der Waals surface area (Å²) in [5.74, 6) is -0.156. The predicted octanol–water partition coefficient (Wildman–Crippen LogP) is 4.91. The van der Waals surface area contributed by atoms with Crippen molar-refractivity contribution in [3.8, 4) is 11.5 Å². The van der Waals surface area contributed by atoms with Gasteiger partial charge in [-0.1, -0.05) is 52.7 Å². The van der Waals surface area contributed by atoms with Crippen molar-refractivity contribution in [3.63, 3.8) is 0 Å². The molecule has 2 amide bonds. The molecule has 3 rings (SSSR count). The van der Waals surface area contributed by atoms with E-state index in [0.29, 0.717) is 18.0 Å². The van der Waals surface area contributed by atoms with Gasteiger partial charge in [-0.15, -0.1) is 0 Å². The number of benzene rings is 3. The molecular weight excluding hydrogens is 610 g/mol. The average Bonchev–Trinajstić information content (AvgIpc) is 2.96. The van der Waals surface area contributed by atoms with Crippen LogP contribution in [0.3, 0.4) is 0 Å². The normalized spacial score (nSPS) is 11.9. The molecule has 3 aromatic rings. The van der Waals surface area contributed by atoms with Crippen LogP contribution in [0.1, 0.15) is 31.4 Å². The first-order valence-electron chi connectivity index (χ1n) is 13.1. The third-order valence-electron chi connectivity index (χ3n) is 6.50. The van der Waals surface area contributed by atoms with Crippen molar-refractivity contribution >= 4 is 43.5 Å². The molecule has 0 unspecified atom stereocenters. The van der Waals surface area contributed by atoms with Crippen LogP contribution in [-0.2, 0) is 26.2 Å². The van der Waals surface area contributed by atoms with Crippen LogP contribution < -0.4 is 19.1 Å². The Labute approximate surface area is 250 Å². The molecule has 0 spiro atoms. The van der Waals surface area contributed by atoms with Gasteiger partial charge in [-0.3, -0.25) is 13.9 Å². The minimum Gasteiger partial charge on any atom is -0.493 e. The topological polar surface area (TPSA) is 105 Å². The number of ether oxygens (including phenoxy) is 2. The van der Waals surface area contributed by atoms with Crippen molar-refractivity contribution in [1.82, 2.24) is 10.2 Å².